The highest BCUT2D eigenvalue weighted by Crippen LogP contribution is 2.38. The highest BCUT2D eigenvalue weighted by atomic mass is 32.2. The Morgan fingerprint density at radius 2 is 1.84 bits per heavy atom. The van der Waals surface area contributed by atoms with Gasteiger partial charge in [0, 0.05) is 65.9 Å². The van der Waals surface area contributed by atoms with Crippen LogP contribution in [-0.2, 0) is 27.2 Å². The van der Waals surface area contributed by atoms with Crippen LogP contribution in [0.5, 0.6) is 0 Å². The van der Waals surface area contributed by atoms with Gasteiger partial charge in [0.05, 0.1) is 22.9 Å². The number of benzene rings is 1. The van der Waals surface area contributed by atoms with Gasteiger partial charge in [-0.3, -0.25) is 9.69 Å². The Morgan fingerprint density at radius 3 is 2.38 bits per heavy atom. The molecule has 0 radical (unpaired) electrons. The van der Waals surface area contributed by atoms with Crippen molar-refractivity contribution in [2.75, 3.05) is 41.4 Å². The lowest BCUT2D eigenvalue weighted by Crippen LogP contribution is -2.43. The molecule has 9 nitrogen and oxygen atoms in total. The maximum absolute atomic E-state index is 13.5. The molecule has 196 valence electrons. The summed E-state index contributed by atoms with van der Waals surface area (Å²) >= 11 is 5.53. The van der Waals surface area contributed by atoms with Gasteiger partial charge in [-0.25, -0.2) is 18.5 Å². The second-order valence-corrected chi connectivity index (χ2v) is 12.2. The first kappa shape index (κ1) is 26.7. The number of nitrogens with zero attached hydrogens (tertiary/aromatic N) is 7. The first-order chi connectivity index (χ1) is 17.3. The first-order valence-electron chi connectivity index (χ1n) is 11.2. The monoisotopic (exact) mass is 551 g/mol. The van der Waals surface area contributed by atoms with E-state index < -0.39 is 38.5 Å². The van der Waals surface area contributed by atoms with E-state index in [1.165, 1.54) is 12.1 Å². The molecule has 37 heavy (non-hydrogen) atoms. The molecule has 2 aliphatic heterocycles. The minimum Gasteiger partial charge on any atom is -0.339 e. The highest BCUT2D eigenvalue weighted by Gasteiger charge is 2.50. The van der Waals surface area contributed by atoms with Crippen molar-refractivity contribution in [2.45, 2.75) is 32.1 Å². The molecule has 0 unspecified atom stereocenters. The van der Waals surface area contributed by atoms with Crippen LogP contribution in [0, 0.1) is 11.3 Å². The summed E-state index contributed by atoms with van der Waals surface area (Å²) < 4.78 is 56.9. The van der Waals surface area contributed by atoms with Gasteiger partial charge in [0.1, 0.15) is 5.54 Å². The van der Waals surface area contributed by atoms with Crippen molar-refractivity contribution in [3.63, 3.8) is 0 Å². The van der Waals surface area contributed by atoms with Crippen molar-refractivity contribution in [3.8, 4) is 6.07 Å². The quantitative estimate of drug-likeness (QED) is 0.534. The van der Waals surface area contributed by atoms with E-state index in [9.17, 15) is 22.2 Å². The summed E-state index contributed by atoms with van der Waals surface area (Å²) in [6.45, 7) is 4.46. The summed E-state index contributed by atoms with van der Waals surface area (Å²) in [4.78, 5) is 26.7. The van der Waals surface area contributed by atoms with Gasteiger partial charge in [0.25, 0.3) is 5.91 Å². The van der Waals surface area contributed by atoms with Crippen LogP contribution in [-0.4, -0.2) is 67.3 Å². The number of alkyl halides is 3. The van der Waals surface area contributed by atoms with Crippen LogP contribution in [0.25, 0.3) is 0 Å². The van der Waals surface area contributed by atoms with E-state index in [2.05, 4.69) is 14.3 Å². The lowest BCUT2D eigenvalue weighted by molar-refractivity contribution is -0.137. The molecule has 2 aliphatic rings. The summed E-state index contributed by atoms with van der Waals surface area (Å²) in [6.07, 6.45) is -1.56. The zero-order valence-electron chi connectivity index (χ0n) is 20.3. The Hall–Kier alpha value is -3.31. The third kappa shape index (κ3) is 4.97. The lowest BCUT2D eigenvalue weighted by Gasteiger charge is -2.30. The number of aromatic nitrogens is 2. The smallest absolute Gasteiger partial charge is 0.339 e. The van der Waals surface area contributed by atoms with Gasteiger partial charge in [0.15, 0.2) is 5.11 Å². The van der Waals surface area contributed by atoms with E-state index in [1.54, 1.807) is 38.2 Å². The Morgan fingerprint density at radius 1 is 1.22 bits per heavy atom. The Labute approximate surface area is 218 Å². The number of carbonyl (C=O) groups excluding carboxylic acids is 1. The normalized spacial score (nSPS) is 19.2. The van der Waals surface area contributed by atoms with Crippen molar-refractivity contribution < 1.29 is 22.2 Å². The zero-order valence-corrected chi connectivity index (χ0v) is 22.0. The molecule has 0 N–H and O–H groups in total. The van der Waals surface area contributed by atoms with Crippen LogP contribution in [0.1, 0.15) is 30.5 Å². The number of anilines is 2. The fourth-order valence-corrected chi connectivity index (χ4v) is 6.27. The minimum atomic E-state index is -4.77. The molecule has 1 aromatic carbocycles. The average molecular weight is 552 g/mol. The van der Waals surface area contributed by atoms with Crippen molar-refractivity contribution in [3.05, 3.63) is 47.3 Å². The third-order valence-corrected chi connectivity index (χ3v) is 9.23. The Kier molecular flexibility index (Phi) is 6.89. The molecule has 3 heterocycles. The predicted octanol–water partition coefficient (Wildman–Crippen LogP) is 3.20. The van der Waals surface area contributed by atoms with E-state index in [4.69, 9.17) is 17.5 Å². The van der Waals surface area contributed by atoms with E-state index >= 15 is 0 Å². The van der Waals surface area contributed by atoms with Crippen LogP contribution in [0.15, 0.2) is 35.0 Å². The van der Waals surface area contributed by atoms with Crippen LogP contribution < -0.4 is 9.80 Å². The van der Waals surface area contributed by atoms with E-state index in [1.807, 2.05) is 4.90 Å². The average Bonchev–Trinajstić information content (AvgIpc) is 3.03. The summed E-state index contributed by atoms with van der Waals surface area (Å²) in [5, 5.41) is 9.11. The SMILES string of the molecule is CN=S1(=O)CCN(c2ncc(CN3C(=S)N(c4ccc(C#N)c(C(F)(F)F)c4)C(=O)C3(C)C)cn2)CC1. The Bertz CT molecular complexity index is 1400. The fraction of sp³-hybridized carbons (Fsp3) is 0.435. The lowest BCUT2D eigenvalue weighted by atomic mass is 10.0. The molecule has 1 aromatic heterocycles. The van der Waals surface area contributed by atoms with Gasteiger partial charge in [-0.2, -0.15) is 18.4 Å². The highest BCUT2D eigenvalue weighted by molar-refractivity contribution is 7.93. The van der Waals surface area contributed by atoms with Crippen LogP contribution in [0.4, 0.5) is 24.8 Å². The number of nitriles is 1. The molecule has 0 spiro atoms. The number of amides is 1. The van der Waals surface area contributed by atoms with Gasteiger partial charge in [0.2, 0.25) is 5.95 Å². The van der Waals surface area contributed by atoms with Crippen LogP contribution in [0.2, 0.25) is 0 Å². The van der Waals surface area contributed by atoms with E-state index in [-0.39, 0.29) is 17.3 Å². The minimum absolute atomic E-state index is 0.0333. The summed E-state index contributed by atoms with van der Waals surface area (Å²) in [5.74, 6) is 0.869. The van der Waals surface area contributed by atoms with Crippen molar-refractivity contribution in [1.29, 1.82) is 5.26 Å². The topological polar surface area (TPSA) is 106 Å². The molecule has 2 fully saturated rings. The number of rotatable bonds is 4. The molecule has 2 aromatic rings. The number of halogens is 3. The number of hydrogen-bond acceptors (Lipinski definition) is 8. The van der Waals surface area contributed by atoms with Crippen molar-refractivity contribution in [2.24, 2.45) is 4.36 Å². The van der Waals surface area contributed by atoms with Crippen LogP contribution in [0.3, 0.4) is 0 Å². The molecule has 4 rings (SSSR count). The maximum Gasteiger partial charge on any atom is 0.417 e. The predicted molar refractivity (Wildman–Crippen MR) is 136 cm³/mol. The summed E-state index contributed by atoms with van der Waals surface area (Å²) in [6, 6.07) is 4.61. The van der Waals surface area contributed by atoms with Crippen molar-refractivity contribution >= 4 is 44.6 Å². The Balaban J connectivity index is 1.56. The summed E-state index contributed by atoms with van der Waals surface area (Å²) in [7, 11) is -0.603. The largest absolute Gasteiger partial charge is 0.417 e. The van der Waals surface area contributed by atoms with Crippen molar-refractivity contribution in [1.82, 2.24) is 14.9 Å². The van der Waals surface area contributed by atoms with Gasteiger partial charge in [-0.05, 0) is 44.3 Å². The molecule has 14 heteroatoms. The molecular formula is C23H24F3N7O2S2. The van der Waals surface area contributed by atoms with E-state index in [0.717, 1.165) is 17.0 Å². The van der Waals surface area contributed by atoms with Gasteiger partial charge in [-0.15, -0.1) is 0 Å². The molecule has 0 saturated carbocycles. The molecule has 1 amide bonds. The third-order valence-electron chi connectivity index (χ3n) is 6.52. The fourth-order valence-electron chi connectivity index (χ4n) is 4.21. The molecule has 0 bridgehead atoms. The second kappa shape index (κ2) is 9.53. The van der Waals surface area contributed by atoms with Gasteiger partial charge >= 0.3 is 6.18 Å². The van der Waals surface area contributed by atoms with E-state index in [0.29, 0.717) is 36.1 Å². The number of carbonyl (C=O) groups is 1. The molecule has 0 atom stereocenters. The number of thiocarbonyl (C=S) groups is 1. The molecular weight excluding hydrogens is 527 g/mol. The second-order valence-electron chi connectivity index (χ2n) is 9.15. The zero-order chi connectivity index (χ0) is 27.2. The number of hydrogen-bond donors (Lipinski definition) is 0. The van der Waals surface area contributed by atoms with Crippen LogP contribution >= 0.6 is 12.2 Å². The standard InChI is InChI=1S/C23H24F3N7O2S2/c1-22(2)19(34)33(17-5-4-16(11-27)18(10-17)23(24,25)26)21(36)32(22)14-15-12-29-20(30-13-15)31-6-8-37(35,28-3)9-7-31/h4-5,10,12-13H,6-9,14H2,1-3H3. The van der Waals surface area contributed by atoms with Gasteiger partial charge < -0.3 is 9.80 Å². The maximum atomic E-state index is 13.5. The molecule has 0 aliphatic carbocycles. The molecule has 2 saturated heterocycles. The van der Waals surface area contributed by atoms with Gasteiger partial charge in [-0.1, -0.05) is 0 Å². The first-order valence-corrected chi connectivity index (χ1v) is 13.5. The summed E-state index contributed by atoms with van der Waals surface area (Å²) in [5.41, 5.74) is -2.25.